The van der Waals surface area contributed by atoms with Crippen LogP contribution in [0.4, 0.5) is 5.95 Å². The molecular formula is C5H7IN4. The second-order valence-electron chi connectivity index (χ2n) is 1.85. The molecule has 0 aliphatic heterocycles. The summed E-state index contributed by atoms with van der Waals surface area (Å²) in [6.45, 7) is 3.68. The van der Waals surface area contributed by atoms with E-state index in [0.29, 0.717) is 5.95 Å². The summed E-state index contributed by atoms with van der Waals surface area (Å²) in [5, 5.41) is 0. The third-order valence-electron chi connectivity index (χ3n) is 0.944. The molecule has 0 aliphatic rings. The number of rotatable bonds is 1. The quantitative estimate of drug-likeness (QED) is 0.602. The van der Waals surface area contributed by atoms with Crippen LogP contribution in [0, 0.1) is 13.8 Å². The molecule has 4 nitrogen and oxygen atoms in total. The lowest BCUT2D eigenvalue weighted by molar-refractivity contribution is 0.934. The zero-order chi connectivity index (χ0) is 7.56. The highest BCUT2D eigenvalue weighted by molar-refractivity contribution is 14.1. The van der Waals surface area contributed by atoms with Gasteiger partial charge in [0.05, 0.1) is 22.9 Å². The number of anilines is 1. The Labute approximate surface area is 73.0 Å². The van der Waals surface area contributed by atoms with Crippen LogP contribution in [-0.4, -0.2) is 15.0 Å². The van der Waals surface area contributed by atoms with Crippen molar-refractivity contribution in [2.75, 3.05) is 3.53 Å². The van der Waals surface area contributed by atoms with Gasteiger partial charge >= 0.3 is 0 Å². The van der Waals surface area contributed by atoms with Gasteiger partial charge in [0.2, 0.25) is 5.95 Å². The van der Waals surface area contributed by atoms with E-state index in [9.17, 15) is 0 Å². The molecule has 0 saturated carbocycles. The Hall–Kier alpha value is -0.460. The van der Waals surface area contributed by atoms with Crippen molar-refractivity contribution >= 4 is 28.8 Å². The van der Waals surface area contributed by atoms with Crippen LogP contribution in [0.1, 0.15) is 11.6 Å². The number of hydrogen-bond acceptors (Lipinski definition) is 4. The number of halogens is 1. The summed E-state index contributed by atoms with van der Waals surface area (Å²) in [4.78, 5) is 12.0. The van der Waals surface area contributed by atoms with E-state index in [-0.39, 0.29) is 0 Å². The first-order chi connectivity index (χ1) is 4.72. The molecule has 1 heterocycles. The Bertz CT molecular complexity index is 217. The molecule has 10 heavy (non-hydrogen) atoms. The van der Waals surface area contributed by atoms with E-state index in [2.05, 4.69) is 18.5 Å². The lowest BCUT2D eigenvalue weighted by atomic mass is 10.6. The average molecular weight is 250 g/mol. The molecule has 0 bridgehead atoms. The van der Waals surface area contributed by atoms with E-state index >= 15 is 0 Å². The normalized spacial score (nSPS) is 9.50. The number of hydrogen-bond donors (Lipinski definition) is 1. The molecule has 0 radical (unpaired) electrons. The Morgan fingerprint density at radius 1 is 1.10 bits per heavy atom. The summed E-state index contributed by atoms with van der Waals surface area (Å²) in [7, 11) is 0. The summed E-state index contributed by atoms with van der Waals surface area (Å²) >= 11 is 1.98. The lowest BCUT2D eigenvalue weighted by Gasteiger charge is -1.97. The van der Waals surface area contributed by atoms with E-state index in [1.807, 2.05) is 36.7 Å². The highest BCUT2D eigenvalue weighted by atomic mass is 127. The molecule has 0 fully saturated rings. The van der Waals surface area contributed by atoms with Crippen LogP contribution >= 0.6 is 22.9 Å². The van der Waals surface area contributed by atoms with Crippen LogP contribution < -0.4 is 3.53 Å². The van der Waals surface area contributed by atoms with Crippen molar-refractivity contribution in [3.05, 3.63) is 11.6 Å². The highest BCUT2D eigenvalue weighted by Crippen LogP contribution is 2.00. The number of nitrogens with one attached hydrogen (secondary N) is 1. The minimum absolute atomic E-state index is 0.616. The molecule has 1 N–H and O–H groups in total. The second-order valence-corrected chi connectivity index (χ2v) is 2.39. The average Bonchev–Trinajstić information content (AvgIpc) is 1.85. The highest BCUT2D eigenvalue weighted by Gasteiger charge is 1.95. The molecule has 0 atom stereocenters. The maximum Gasteiger partial charge on any atom is 0.235 e. The van der Waals surface area contributed by atoms with Crippen molar-refractivity contribution in [2.24, 2.45) is 0 Å². The molecule has 0 spiro atoms. The summed E-state index contributed by atoms with van der Waals surface area (Å²) in [6, 6.07) is 0. The van der Waals surface area contributed by atoms with Crippen LogP contribution in [0.15, 0.2) is 0 Å². The molecular weight excluding hydrogens is 243 g/mol. The van der Waals surface area contributed by atoms with E-state index in [1.54, 1.807) is 0 Å². The molecule has 5 heteroatoms. The fourth-order valence-corrected chi connectivity index (χ4v) is 0.899. The van der Waals surface area contributed by atoms with Crippen molar-refractivity contribution < 1.29 is 0 Å². The van der Waals surface area contributed by atoms with Gasteiger partial charge in [-0.2, -0.15) is 9.97 Å². The van der Waals surface area contributed by atoms with Gasteiger partial charge in [0.1, 0.15) is 11.6 Å². The van der Waals surface area contributed by atoms with Crippen LogP contribution in [0.5, 0.6) is 0 Å². The van der Waals surface area contributed by atoms with Gasteiger partial charge in [0.25, 0.3) is 0 Å². The topological polar surface area (TPSA) is 50.7 Å². The van der Waals surface area contributed by atoms with Gasteiger partial charge in [0, 0.05) is 0 Å². The van der Waals surface area contributed by atoms with Crippen LogP contribution in [0.25, 0.3) is 0 Å². The molecule has 0 aliphatic carbocycles. The first-order valence-corrected chi connectivity index (χ1v) is 3.86. The monoisotopic (exact) mass is 250 g/mol. The van der Waals surface area contributed by atoms with E-state index in [1.165, 1.54) is 0 Å². The van der Waals surface area contributed by atoms with Gasteiger partial charge in [-0.05, 0) is 13.8 Å². The van der Waals surface area contributed by atoms with Crippen molar-refractivity contribution in [1.29, 1.82) is 0 Å². The summed E-state index contributed by atoms with van der Waals surface area (Å²) in [6.07, 6.45) is 0. The Morgan fingerprint density at radius 3 is 2.00 bits per heavy atom. The van der Waals surface area contributed by atoms with Gasteiger partial charge in [-0.1, -0.05) is 0 Å². The van der Waals surface area contributed by atoms with Crippen molar-refractivity contribution in [2.45, 2.75) is 13.8 Å². The standard InChI is InChI=1S/C5H7IN4/c1-3-7-4(2)9-5(8-3)10-6/h1-2H3,(H,7,8,9,10). The Morgan fingerprint density at radius 2 is 1.60 bits per heavy atom. The van der Waals surface area contributed by atoms with Crippen LogP contribution in [-0.2, 0) is 0 Å². The zero-order valence-electron chi connectivity index (χ0n) is 5.72. The molecule has 0 amide bonds. The predicted octanol–water partition coefficient (Wildman–Crippen LogP) is 1.25. The molecule has 1 aromatic rings. The van der Waals surface area contributed by atoms with Crippen molar-refractivity contribution in [1.82, 2.24) is 15.0 Å². The molecule has 0 aromatic carbocycles. The third-order valence-corrected chi connectivity index (χ3v) is 1.43. The summed E-state index contributed by atoms with van der Waals surface area (Å²) < 4.78 is 2.82. The number of aryl methyl sites for hydroxylation is 2. The largest absolute Gasteiger partial charge is 0.297 e. The fourth-order valence-electron chi connectivity index (χ4n) is 0.658. The first-order valence-electron chi connectivity index (χ1n) is 2.78. The number of nitrogens with zero attached hydrogens (tertiary/aromatic N) is 3. The maximum atomic E-state index is 4.02. The van der Waals surface area contributed by atoms with E-state index in [0.717, 1.165) is 11.6 Å². The van der Waals surface area contributed by atoms with Crippen molar-refractivity contribution in [3.63, 3.8) is 0 Å². The molecule has 0 unspecified atom stereocenters. The van der Waals surface area contributed by atoms with Crippen LogP contribution in [0.2, 0.25) is 0 Å². The second kappa shape index (κ2) is 3.09. The lowest BCUT2D eigenvalue weighted by Crippen LogP contribution is -1.98. The molecule has 1 aromatic heterocycles. The van der Waals surface area contributed by atoms with Gasteiger partial charge in [-0.15, -0.1) is 0 Å². The summed E-state index contributed by atoms with van der Waals surface area (Å²) in [5.41, 5.74) is 0. The summed E-state index contributed by atoms with van der Waals surface area (Å²) in [5.74, 6) is 2.10. The van der Waals surface area contributed by atoms with Crippen LogP contribution in [0.3, 0.4) is 0 Å². The number of aromatic nitrogens is 3. The Balaban J connectivity index is 3.06. The molecule has 54 valence electrons. The SMILES string of the molecule is Cc1nc(C)nc(NI)n1. The van der Waals surface area contributed by atoms with Gasteiger partial charge < -0.3 is 0 Å². The smallest absolute Gasteiger partial charge is 0.235 e. The predicted molar refractivity (Wildman–Crippen MR) is 46.9 cm³/mol. The van der Waals surface area contributed by atoms with Gasteiger partial charge in [-0.25, -0.2) is 4.98 Å². The van der Waals surface area contributed by atoms with E-state index < -0.39 is 0 Å². The minimum Gasteiger partial charge on any atom is -0.297 e. The Kier molecular flexibility index (Phi) is 2.36. The first kappa shape index (κ1) is 7.64. The zero-order valence-corrected chi connectivity index (χ0v) is 7.88. The van der Waals surface area contributed by atoms with Gasteiger partial charge in [0.15, 0.2) is 0 Å². The fraction of sp³-hybridized carbons (Fsp3) is 0.400. The third kappa shape index (κ3) is 1.76. The van der Waals surface area contributed by atoms with E-state index in [4.69, 9.17) is 0 Å². The maximum absolute atomic E-state index is 4.02. The van der Waals surface area contributed by atoms with Crippen molar-refractivity contribution in [3.8, 4) is 0 Å². The molecule has 1 rings (SSSR count). The molecule has 0 saturated heterocycles. The minimum atomic E-state index is 0.616. The van der Waals surface area contributed by atoms with Gasteiger partial charge in [-0.3, -0.25) is 3.53 Å².